The fourth-order valence-electron chi connectivity index (χ4n) is 1.22. The maximum Gasteiger partial charge on any atom is 0.0438 e. The van der Waals surface area contributed by atoms with Crippen molar-refractivity contribution in [2.24, 2.45) is 0 Å². The zero-order valence-corrected chi connectivity index (χ0v) is 7.65. The molecular weight excluding hydrogens is 156 g/mol. The van der Waals surface area contributed by atoms with Crippen molar-refractivity contribution in [1.29, 1.82) is 0 Å². The van der Waals surface area contributed by atoms with E-state index in [1.54, 1.807) is 0 Å². The Kier molecular flexibility index (Phi) is 4.71. The van der Waals surface area contributed by atoms with Gasteiger partial charge in [0.2, 0.25) is 0 Å². The maximum absolute atomic E-state index is 8.56. The molecular formula is C9H16OS. The van der Waals surface area contributed by atoms with E-state index in [2.05, 4.69) is 12.2 Å². The highest BCUT2D eigenvalue weighted by Crippen LogP contribution is 2.23. The molecule has 0 saturated heterocycles. The van der Waals surface area contributed by atoms with Gasteiger partial charge in [-0.25, -0.2) is 0 Å². The number of aliphatic hydroxyl groups is 1. The average molecular weight is 172 g/mol. The maximum atomic E-state index is 8.56. The van der Waals surface area contributed by atoms with E-state index in [9.17, 15) is 0 Å². The number of rotatable bonds is 4. The molecule has 0 aromatic rings. The van der Waals surface area contributed by atoms with Crippen molar-refractivity contribution in [1.82, 2.24) is 0 Å². The lowest BCUT2D eigenvalue weighted by Gasteiger charge is -2.14. The van der Waals surface area contributed by atoms with Crippen molar-refractivity contribution in [3.05, 3.63) is 12.2 Å². The number of thioether (sulfide) groups is 1. The smallest absolute Gasteiger partial charge is 0.0438 e. The minimum Gasteiger partial charge on any atom is -0.396 e. The Morgan fingerprint density at radius 2 is 2.45 bits per heavy atom. The van der Waals surface area contributed by atoms with E-state index in [0.717, 1.165) is 17.4 Å². The lowest BCUT2D eigenvalue weighted by atomic mass is 10.1. The third-order valence-electron chi connectivity index (χ3n) is 1.84. The van der Waals surface area contributed by atoms with Crippen LogP contribution in [0.4, 0.5) is 0 Å². The molecule has 1 atom stereocenters. The zero-order valence-electron chi connectivity index (χ0n) is 6.83. The molecule has 1 nitrogen and oxygen atoms in total. The molecule has 0 heterocycles. The first-order chi connectivity index (χ1) is 5.43. The average Bonchev–Trinajstić information content (AvgIpc) is 2.07. The minimum absolute atomic E-state index is 0.337. The summed E-state index contributed by atoms with van der Waals surface area (Å²) < 4.78 is 0. The third-order valence-corrected chi connectivity index (χ3v) is 3.19. The van der Waals surface area contributed by atoms with Crippen molar-refractivity contribution >= 4 is 11.8 Å². The summed E-state index contributed by atoms with van der Waals surface area (Å²) in [6.07, 6.45) is 9.46. The molecule has 0 aromatic heterocycles. The lowest BCUT2D eigenvalue weighted by molar-refractivity contribution is 0.296. The summed E-state index contributed by atoms with van der Waals surface area (Å²) in [6.45, 7) is 0.337. The largest absolute Gasteiger partial charge is 0.396 e. The van der Waals surface area contributed by atoms with Crippen LogP contribution in [0.2, 0.25) is 0 Å². The van der Waals surface area contributed by atoms with E-state index in [0.29, 0.717) is 6.61 Å². The van der Waals surface area contributed by atoms with Gasteiger partial charge in [-0.2, -0.15) is 11.8 Å². The van der Waals surface area contributed by atoms with Crippen LogP contribution in [-0.4, -0.2) is 22.7 Å². The van der Waals surface area contributed by atoms with Crippen LogP contribution in [-0.2, 0) is 0 Å². The van der Waals surface area contributed by atoms with E-state index >= 15 is 0 Å². The second-order valence-corrected chi connectivity index (χ2v) is 4.19. The quantitative estimate of drug-likeness (QED) is 0.518. The van der Waals surface area contributed by atoms with E-state index in [1.165, 1.54) is 19.3 Å². The van der Waals surface area contributed by atoms with E-state index in [-0.39, 0.29) is 0 Å². The van der Waals surface area contributed by atoms with Gasteiger partial charge in [0.15, 0.2) is 0 Å². The molecule has 2 heteroatoms. The van der Waals surface area contributed by atoms with Crippen molar-refractivity contribution in [3.8, 4) is 0 Å². The van der Waals surface area contributed by atoms with Gasteiger partial charge in [-0.05, 0) is 31.4 Å². The Labute approximate surface area is 72.9 Å². The van der Waals surface area contributed by atoms with Gasteiger partial charge in [-0.3, -0.25) is 0 Å². The molecule has 0 bridgehead atoms. The molecule has 11 heavy (non-hydrogen) atoms. The van der Waals surface area contributed by atoms with Gasteiger partial charge in [0.25, 0.3) is 0 Å². The van der Waals surface area contributed by atoms with Crippen molar-refractivity contribution in [2.75, 3.05) is 12.4 Å². The molecule has 0 saturated carbocycles. The fourth-order valence-corrected chi connectivity index (χ4v) is 2.37. The number of hydrogen-bond acceptors (Lipinski definition) is 2. The number of allylic oxidation sites excluding steroid dienone is 1. The number of aliphatic hydroxyl groups excluding tert-OH is 1. The monoisotopic (exact) mass is 172 g/mol. The SMILES string of the molecule is OCCCSC1C=CCCC1. The van der Waals surface area contributed by atoms with Gasteiger partial charge >= 0.3 is 0 Å². The Morgan fingerprint density at radius 3 is 3.09 bits per heavy atom. The first-order valence-corrected chi connectivity index (χ1v) is 5.37. The summed E-state index contributed by atoms with van der Waals surface area (Å²) >= 11 is 1.98. The molecule has 64 valence electrons. The zero-order chi connectivity index (χ0) is 7.94. The van der Waals surface area contributed by atoms with E-state index in [4.69, 9.17) is 5.11 Å². The van der Waals surface area contributed by atoms with Crippen LogP contribution in [0.15, 0.2) is 12.2 Å². The van der Waals surface area contributed by atoms with E-state index in [1.807, 2.05) is 11.8 Å². The molecule has 1 aliphatic rings. The van der Waals surface area contributed by atoms with E-state index < -0.39 is 0 Å². The summed E-state index contributed by atoms with van der Waals surface area (Å²) in [5.41, 5.74) is 0. The molecule has 1 aliphatic carbocycles. The fraction of sp³-hybridized carbons (Fsp3) is 0.778. The first kappa shape index (κ1) is 9.14. The Bertz CT molecular complexity index is 123. The van der Waals surface area contributed by atoms with Crippen LogP contribution in [0, 0.1) is 0 Å². The molecule has 0 aliphatic heterocycles. The molecule has 1 rings (SSSR count). The standard InChI is InChI=1S/C9H16OS/c10-7-4-8-11-9-5-2-1-3-6-9/h2,5,9-10H,1,3-4,6-8H2. The molecule has 1 unspecified atom stereocenters. The van der Waals surface area contributed by atoms with Crippen molar-refractivity contribution in [3.63, 3.8) is 0 Å². The molecule has 0 aromatic carbocycles. The lowest BCUT2D eigenvalue weighted by Crippen LogP contribution is -2.03. The predicted octanol–water partition coefficient (Wildman–Crippen LogP) is 2.21. The highest BCUT2D eigenvalue weighted by Gasteiger charge is 2.07. The van der Waals surface area contributed by atoms with Gasteiger partial charge < -0.3 is 5.11 Å². The molecule has 0 fully saturated rings. The normalized spacial score (nSPS) is 23.9. The first-order valence-electron chi connectivity index (χ1n) is 4.32. The molecule has 0 radical (unpaired) electrons. The molecule has 0 spiro atoms. The molecule has 1 N–H and O–H groups in total. The molecule has 0 amide bonds. The topological polar surface area (TPSA) is 20.2 Å². The van der Waals surface area contributed by atoms with Gasteiger partial charge in [-0.1, -0.05) is 12.2 Å². The van der Waals surface area contributed by atoms with Crippen LogP contribution in [0.5, 0.6) is 0 Å². The second kappa shape index (κ2) is 5.67. The summed E-state index contributed by atoms with van der Waals surface area (Å²) in [6, 6.07) is 0. The predicted molar refractivity (Wildman–Crippen MR) is 50.9 cm³/mol. The van der Waals surface area contributed by atoms with Crippen LogP contribution >= 0.6 is 11.8 Å². The Balaban J connectivity index is 2.05. The minimum atomic E-state index is 0.337. The van der Waals surface area contributed by atoms with Gasteiger partial charge in [-0.15, -0.1) is 0 Å². The van der Waals surface area contributed by atoms with Crippen molar-refractivity contribution < 1.29 is 5.11 Å². The Hall–Kier alpha value is 0.0500. The van der Waals surface area contributed by atoms with Gasteiger partial charge in [0.1, 0.15) is 0 Å². The van der Waals surface area contributed by atoms with Gasteiger partial charge in [0.05, 0.1) is 0 Å². The Morgan fingerprint density at radius 1 is 1.55 bits per heavy atom. The van der Waals surface area contributed by atoms with Crippen LogP contribution < -0.4 is 0 Å². The summed E-state index contributed by atoms with van der Waals surface area (Å²) in [5.74, 6) is 1.10. The summed E-state index contributed by atoms with van der Waals surface area (Å²) in [4.78, 5) is 0. The van der Waals surface area contributed by atoms with Gasteiger partial charge in [0, 0.05) is 11.9 Å². The number of hydrogen-bond donors (Lipinski definition) is 1. The van der Waals surface area contributed by atoms with Crippen molar-refractivity contribution in [2.45, 2.75) is 30.9 Å². The summed E-state index contributed by atoms with van der Waals surface area (Å²) in [7, 11) is 0. The van der Waals surface area contributed by atoms with Crippen LogP contribution in [0.25, 0.3) is 0 Å². The van der Waals surface area contributed by atoms with Crippen LogP contribution in [0.1, 0.15) is 25.7 Å². The highest BCUT2D eigenvalue weighted by molar-refractivity contribution is 8.00. The van der Waals surface area contributed by atoms with Crippen LogP contribution in [0.3, 0.4) is 0 Å². The third kappa shape index (κ3) is 3.82. The summed E-state index contributed by atoms with van der Waals surface area (Å²) in [5, 5.41) is 9.30. The second-order valence-electron chi connectivity index (χ2n) is 2.85. The highest BCUT2D eigenvalue weighted by atomic mass is 32.2.